The number of carbonyl (C=O) groups excluding carboxylic acids is 1. The van der Waals surface area contributed by atoms with Gasteiger partial charge in [0.05, 0.1) is 4.90 Å². The van der Waals surface area contributed by atoms with Crippen molar-refractivity contribution < 1.29 is 13.2 Å². The Hall–Kier alpha value is -1.40. The standard InChI is InChI=1S/C16H24N2O3S/c1-11-8-14(16(19)18(5)10-13-6-7-13)9-15(12(11)2)22(20,21)17(3)4/h8-9,13H,6-7,10H2,1-5H3. The van der Waals surface area contributed by atoms with Gasteiger partial charge in [0.2, 0.25) is 10.0 Å². The molecule has 22 heavy (non-hydrogen) atoms. The highest BCUT2D eigenvalue weighted by Crippen LogP contribution is 2.30. The van der Waals surface area contributed by atoms with E-state index >= 15 is 0 Å². The Bertz CT molecular complexity index is 692. The van der Waals surface area contributed by atoms with Gasteiger partial charge < -0.3 is 4.90 Å². The number of benzene rings is 1. The number of hydrogen-bond donors (Lipinski definition) is 0. The Morgan fingerprint density at radius 1 is 1.18 bits per heavy atom. The zero-order valence-corrected chi connectivity index (χ0v) is 14.7. The van der Waals surface area contributed by atoms with Gasteiger partial charge in [-0.3, -0.25) is 4.79 Å². The first kappa shape index (κ1) is 17.0. The minimum Gasteiger partial charge on any atom is -0.341 e. The number of amides is 1. The van der Waals surface area contributed by atoms with Crippen LogP contribution in [-0.2, 0) is 10.0 Å². The third kappa shape index (κ3) is 3.33. The first-order chi connectivity index (χ1) is 10.1. The van der Waals surface area contributed by atoms with Crippen LogP contribution in [0.15, 0.2) is 17.0 Å². The minimum atomic E-state index is -3.56. The van der Waals surface area contributed by atoms with Gasteiger partial charge in [0.1, 0.15) is 0 Å². The van der Waals surface area contributed by atoms with Crippen molar-refractivity contribution >= 4 is 15.9 Å². The number of aryl methyl sites for hydroxylation is 1. The molecule has 0 N–H and O–H groups in total. The van der Waals surface area contributed by atoms with Crippen LogP contribution in [0.3, 0.4) is 0 Å². The molecular formula is C16H24N2O3S. The highest BCUT2D eigenvalue weighted by molar-refractivity contribution is 7.89. The predicted molar refractivity (Wildman–Crippen MR) is 86.5 cm³/mol. The van der Waals surface area contributed by atoms with E-state index < -0.39 is 10.0 Å². The van der Waals surface area contributed by atoms with Crippen molar-refractivity contribution in [2.45, 2.75) is 31.6 Å². The fourth-order valence-electron chi connectivity index (χ4n) is 2.41. The Morgan fingerprint density at radius 2 is 1.77 bits per heavy atom. The van der Waals surface area contributed by atoms with Gasteiger partial charge in [-0.05, 0) is 55.9 Å². The highest BCUT2D eigenvalue weighted by Gasteiger charge is 2.27. The summed E-state index contributed by atoms with van der Waals surface area (Å²) in [4.78, 5) is 14.4. The summed E-state index contributed by atoms with van der Waals surface area (Å²) >= 11 is 0. The van der Waals surface area contributed by atoms with E-state index in [4.69, 9.17) is 0 Å². The second kappa shape index (κ2) is 6.01. The molecule has 6 heteroatoms. The van der Waals surface area contributed by atoms with E-state index in [-0.39, 0.29) is 10.8 Å². The molecule has 0 saturated heterocycles. The van der Waals surface area contributed by atoms with E-state index in [0.717, 1.165) is 12.1 Å². The third-order valence-electron chi connectivity index (χ3n) is 4.20. The van der Waals surface area contributed by atoms with Crippen LogP contribution in [-0.4, -0.2) is 51.2 Å². The largest absolute Gasteiger partial charge is 0.341 e. The fraction of sp³-hybridized carbons (Fsp3) is 0.562. The van der Waals surface area contributed by atoms with Crippen LogP contribution < -0.4 is 0 Å². The first-order valence-electron chi connectivity index (χ1n) is 7.44. The van der Waals surface area contributed by atoms with Crippen molar-refractivity contribution in [2.75, 3.05) is 27.7 Å². The second-order valence-corrected chi connectivity index (χ2v) is 8.45. The Balaban J connectivity index is 2.41. The van der Waals surface area contributed by atoms with Crippen LogP contribution in [0.4, 0.5) is 0 Å². The molecule has 1 amide bonds. The zero-order valence-electron chi connectivity index (χ0n) is 13.9. The molecule has 1 saturated carbocycles. The van der Waals surface area contributed by atoms with Crippen molar-refractivity contribution in [1.29, 1.82) is 0 Å². The molecule has 0 bridgehead atoms. The van der Waals surface area contributed by atoms with Crippen molar-refractivity contribution in [3.8, 4) is 0 Å². The first-order valence-corrected chi connectivity index (χ1v) is 8.88. The van der Waals surface area contributed by atoms with Crippen LogP contribution in [0.1, 0.15) is 34.3 Å². The summed E-state index contributed by atoms with van der Waals surface area (Å²) in [6, 6.07) is 3.28. The molecule has 1 fully saturated rings. The lowest BCUT2D eigenvalue weighted by Gasteiger charge is -2.20. The lowest BCUT2D eigenvalue weighted by atomic mass is 10.1. The van der Waals surface area contributed by atoms with Gasteiger partial charge in [-0.25, -0.2) is 12.7 Å². The molecule has 0 aliphatic heterocycles. The normalized spacial score (nSPS) is 15.2. The number of hydrogen-bond acceptors (Lipinski definition) is 3. The molecule has 1 aromatic rings. The smallest absolute Gasteiger partial charge is 0.253 e. The lowest BCUT2D eigenvalue weighted by Crippen LogP contribution is -2.29. The molecule has 0 aromatic heterocycles. The molecular weight excluding hydrogens is 300 g/mol. The SMILES string of the molecule is Cc1cc(C(=O)N(C)CC2CC2)cc(S(=O)(=O)N(C)C)c1C. The minimum absolute atomic E-state index is 0.120. The summed E-state index contributed by atoms with van der Waals surface area (Å²) in [5, 5.41) is 0. The van der Waals surface area contributed by atoms with Crippen molar-refractivity contribution in [2.24, 2.45) is 5.92 Å². The summed E-state index contributed by atoms with van der Waals surface area (Å²) < 4.78 is 26.1. The molecule has 0 atom stereocenters. The van der Waals surface area contributed by atoms with E-state index in [0.29, 0.717) is 17.0 Å². The summed E-state index contributed by atoms with van der Waals surface area (Å²) in [6.07, 6.45) is 2.34. The highest BCUT2D eigenvalue weighted by atomic mass is 32.2. The van der Waals surface area contributed by atoms with Crippen LogP contribution in [0.2, 0.25) is 0 Å². The molecule has 2 rings (SSSR count). The van der Waals surface area contributed by atoms with Crippen molar-refractivity contribution in [3.63, 3.8) is 0 Å². The molecule has 1 aliphatic carbocycles. The molecule has 1 aliphatic rings. The molecule has 5 nitrogen and oxygen atoms in total. The van der Waals surface area contributed by atoms with Gasteiger partial charge in [-0.15, -0.1) is 0 Å². The summed E-state index contributed by atoms with van der Waals surface area (Å²) in [7, 11) is 1.21. The van der Waals surface area contributed by atoms with E-state index in [9.17, 15) is 13.2 Å². The molecule has 0 radical (unpaired) electrons. The number of rotatable bonds is 5. The Kier molecular flexibility index (Phi) is 4.63. The average Bonchev–Trinajstić information content (AvgIpc) is 3.24. The lowest BCUT2D eigenvalue weighted by molar-refractivity contribution is 0.0788. The van der Waals surface area contributed by atoms with E-state index in [1.807, 2.05) is 6.92 Å². The third-order valence-corrected chi connectivity index (χ3v) is 6.14. The van der Waals surface area contributed by atoms with Gasteiger partial charge in [0.15, 0.2) is 0 Å². The fourth-order valence-corrected chi connectivity index (χ4v) is 3.62. The van der Waals surface area contributed by atoms with Crippen LogP contribution >= 0.6 is 0 Å². The quantitative estimate of drug-likeness (QED) is 0.833. The topological polar surface area (TPSA) is 57.7 Å². The number of carbonyl (C=O) groups is 1. The molecule has 1 aromatic carbocycles. The molecule has 122 valence electrons. The summed E-state index contributed by atoms with van der Waals surface area (Å²) in [5.74, 6) is 0.482. The van der Waals surface area contributed by atoms with Gasteiger partial charge in [0, 0.05) is 33.3 Å². The van der Waals surface area contributed by atoms with Gasteiger partial charge >= 0.3 is 0 Å². The van der Waals surface area contributed by atoms with Crippen LogP contribution in [0.25, 0.3) is 0 Å². The summed E-state index contributed by atoms with van der Waals surface area (Å²) in [6.45, 7) is 4.34. The van der Waals surface area contributed by atoms with E-state index in [1.165, 1.54) is 37.3 Å². The van der Waals surface area contributed by atoms with Gasteiger partial charge in [-0.1, -0.05) is 0 Å². The van der Waals surface area contributed by atoms with Gasteiger partial charge in [0.25, 0.3) is 5.91 Å². The average molecular weight is 324 g/mol. The Morgan fingerprint density at radius 3 is 2.27 bits per heavy atom. The van der Waals surface area contributed by atoms with Crippen LogP contribution in [0, 0.1) is 19.8 Å². The maximum absolute atomic E-state index is 12.5. The van der Waals surface area contributed by atoms with Crippen molar-refractivity contribution in [3.05, 3.63) is 28.8 Å². The molecule has 0 unspecified atom stereocenters. The zero-order chi connectivity index (χ0) is 16.7. The Labute approximate surface area is 133 Å². The second-order valence-electron chi connectivity index (χ2n) is 6.33. The van der Waals surface area contributed by atoms with Gasteiger partial charge in [-0.2, -0.15) is 0 Å². The molecule has 0 heterocycles. The number of nitrogens with zero attached hydrogens (tertiary/aromatic N) is 2. The van der Waals surface area contributed by atoms with Crippen molar-refractivity contribution in [1.82, 2.24) is 9.21 Å². The summed E-state index contributed by atoms with van der Waals surface area (Å²) in [5.41, 5.74) is 1.94. The van der Waals surface area contributed by atoms with E-state index in [1.54, 1.807) is 24.9 Å². The number of sulfonamides is 1. The van der Waals surface area contributed by atoms with E-state index in [2.05, 4.69) is 0 Å². The van der Waals surface area contributed by atoms with Crippen LogP contribution in [0.5, 0.6) is 0 Å². The maximum Gasteiger partial charge on any atom is 0.253 e. The maximum atomic E-state index is 12.5. The molecule has 0 spiro atoms. The predicted octanol–water partition coefficient (Wildman–Crippen LogP) is 2.04. The monoisotopic (exact) mass is 324 g/mol.